The molecule has 4 N–H and O–H groups in total. The number of aromatic nitrogens is 2. The Labute approximate surface area is 154 Å². The number of carboxylic acids is 1. The zero-order valence-corrected chi connectivity index (χ0v) is 14.5. The predicted octanol–water partition coefficient (Wildman–Crippen LogP) is 1.80. The van der Waals surface area contributed by atoms with Crippen molar-refractivity contribution in [2.75, 3.05) is 6.61 Å². The molecule has 0 saturated carbocycles. The van der Waals surface area contributed by atoms with Crippen LogP contribution in [-0.2, 0) is 16.0 Å². The first-order valence-electron chi connectivity index (χ1n) is 8.07. The molecule has 0 atom stereocenters. The molecule has 0 spiro atoms. The van der Waals surface area contributed by atoms with Crippen LogP contribution in [0.25, 0.3) is 22.2 Å². The van der Waals surface area contributed by atoms with E-state index in [-0.39, 0.29) is 18.1 Å². The number of fused-ring (bicyclic) bond motifs is 1. The zero-order chi connectivity index (χ0) is 19.6. The van der Waals surface area contributed by atoms with E-state index in [4.69, 9.17) is 15.6 Å². The van der Waals surface area contributed by atoms with Crippen LogP contribution in [0.1, 0.15) is 11.3 Å². The van der Waals surface area contributed by atoms with E-state index >= 15 is 0 Å². The van der Waals surface area contributed by atoms with Gasteiger partial charge in [-0.1, -0.05) is 18.2 Å². The Morgan fingerprint density at radius 1 is 1.15 bits per heavy atom. The number of phenols is 1. The van der Waals surface area contributed by atoms with E-state index in [0.29, 0.717) is 28.0 Å². The van der Waals surface area contributed by atoms with Gasteiger partial charge in [0.2, 0.25) is 11.8 Å². The molecule has 0 fully saturated rings. The van der Waals surface area contributed by atoms with Crippen molar-refractivity contribution in [2.45, 2.75) is 13.3 Å². The third-order valence-corrected chi connectivity index (χ3v) is 3.89. The topological polar surface area (TPSA) is 136 Å². The van der Waals surface area contributed by atoms with Crippen LogP contribution in [0.3, 0.4) is 0 Å². The highest BCUT2D eigenvalue weighted by Gasteiger charge is 2.12. The first-order valence-corrected chi connectivity index (χ1v) is 8.07. The quantitative estimate of drug-likeness (QED) is 0.604. The molecule has 3 aromatic rings. The molecule has 0 aliphatic carbocycles. The van der Waals surface area contributed by atoms with Gasteiger partial charge in [0.15, 0.2) is 12.4 Å². The average molecular weight is 367 g/mol. The lowest BCUT2D eigenvalue weighted by Crippen LogP contribution is -2.14. The maximum Gasteiger partial charge on any atom is 0.341 e. The summed E-state index contributed by atoms with van der Waals surface area (Å²) in [6, 6.07) is 10.1. The molecule has 0 saturated heterocycles. The van der Waals surface area contributed by atoms with Crippen molar-refractivity contribution >= 4 is 22.6 Å². The molecule has 0 radical (unpaired) electrons. The third-order valence-electron chi connectivity index (χ3n) is 3.89. The molecular formula is C19H17N3O5. The molecule has 1 heterocycles. The molecule has 0 unspecified atom stereocenters. The number of benzene rings is 2. The van der Waals surface area contributed by atoms with Gasteiger partial charge in [-0.15, -0.1) is 0 Å². The van der Waals surface area contributed by atoms with Crippen molar-refractivity contribution in [3.05, 3.63) is 47.7 Å². The first-order chi connectivity index (χ1) is 12.8. The largest absolute Gasteiger partial charge is 0.508 e. The number of aromatic hydroxyl groups is 1. The van der Waals surface area contributed by atoms with E-state index in [0.717, 1.165) is 5.39 Å². The van der Waals surface area contributed by atoms with Crippen molar-refractivity contribution in [2.24, 2.45) is 5.73 Å². The highest BCUT2D eigenvalue weighted by atomic mass is 16.5. The standard InChI is InChI=1S/C19H17N3O5/c1-10-6-17(27-9-18(25)26)22-19(21-10)12-2-4-13-11(7-12)3-5-15(23)14(13)8-16(20)24/h2-7,23H,8-9H2,1H3,(H2,20,24)(H,25,26). The normalized spacial score (nSPS) is 10.7. The van der Waals surface area contributed by atoms with Gasteiger partial charge in [0.25, 0.3) is 0 Å². The van der Waals surface area contributed by atoms with Crippen molar-refractivity contribution in [1.82, 2.24) is 9.97 Å². The Kier molecular flexibility index (Phi) is 4.89. The Balaban J connectivity index is 2.04. The molecule has 8 heteroatoms. The minimum Gasteiger partial charge on any atom is -0.508 e. The number of aliphatic carboxylic acids is 1. The van der Waals surface area contributed by atoms with E-state index in [2.05, 4.69) is 9.97 Å². The SMILES string of the molecule is Cc1cc(OCC(=O)O)nc(-c2ccc3c(CC(N)=O)c(O)ccc3c2)n1. The summed E-state index contributed by atoms with van der Waals surface area (Å²) >= 11 is 0. The van der Waals surface area contributed by atoms with Gasteiger partial charge in [-0.25, -0.2) is 9.78 Å². The van der Waals surface area contributed by atoms with Crippen molar-refractivity contribution in [3.8, 4) is 23.0 Å². The number of amides is 1. The van der Waals surface area contributed by atoms with Crippen LogP contribution in [0.15, 0.2) is 36.4 Å². The minimum atomic E-state index is -1.10. The number of nitrogens with two attached hydrogens (primary N) is 1. The minimum absolute atomic E-state index is 0.00483. The fraction of sp³-hybridized carbons (Fsp3) is 0.158. The highest BCUT2D eigenvalue weighted by Crippen LogP contribution is 2.30. The first kappa shape index (κ1) is 18.1. The molecule has 138 valence electrons. The smallest absolute Gasteiger partial charge is 0.341 e. The average Bonchev–Trinajstić information content (AvgIpc) is 2.61. The monoisotopic (exact) mass is 367 g/mol. The Bertz CT molecular complexity index is 1050. The summed E-state index contributed by atoms with van der Waals surface area (Å²) in [4.78, 5) is 30.6. The molecule has 27 heavy (non-hydrogen) atoms. The van der Waals surface area contributed by atoms with E-state index in [1.54, 1.807) is 31.2 Å². The molecule has 2 aromatic carbocycles. The summed E-state index contributed by atoms with van der Waals surface area (Å²) in [6.07, 6.45) is -0.0728. The number of carbonyl (C=O) groups is 2. The number of hydrogen-bond donors (Lipinski definition) is 3. The fourth-order valence-electron chi connectivity index (χ4n) is 2.76. The van der Waals surface area contributed by atoms with E-state index in [1.807, 2.05) is 6.07 Å². The lowest BCUT2D eigenvalue weighted by atomic mass is 9.98. The van der Waals surface area contributed by atoms with E-state index in [1.165, 1.54) is 6.07 Å². The van der Waals surface area contributed by atoms with Crippen LogP contribution in [0, 0.1) is 6.92 Å². The van der Waals surface area contributed by atoms with E-state index < -0.39 is 18.5 Å². The predicted molar refractivity (Wildman–Crippen MR) is 97.4 cm³/mol. The number of phenolic OH excluding ortho intramolecular Hbond substituents is 1. The molecular weight excluding hydrogens is 350 g/mol. The van der Waals surface area contributed by atoms with Crippen molar-refractivity contribution in [1.29, 1.82) is 0 Å². The number of ether oxygens (including phenoxy) is 1. The van der Waals surface area contributed by atoms with Gasteiger partial charge < -0.3 is 20.7 Å². The molecule has 0 bridgehead atoms. The Morgan fingerprint density at radius 2 is 1.93 bits per heavy atom. The summed E-state index contributed by atoms with van der Waals surface area (Å²) in [5.41, 5.74) is 7.03. The second-order valence-corrected chi connectivity index (χ2v) is 6.00. The summed E-state index contributed by atoms with van der Waals surface area (Å²) in [5, 5.41) is 20.2. The summed E-state index contributed by atoms with van der Waals surface area (Å²) in [7, 11) is 0. The number of carbonyl (C=O) groups excluding carboxylic acids is 1. The van der Waals surface area contributed by atoms with Crippen LogP contribution in [0.5, 0.6) is 11.6 Å². The summed E-state index contributed by atoms with van der Waals surface area (Å²) < 4.78 is 5.14. The van der Waals surface area contributed by atoms with Crippen molar-refractivity contribution in [3.63, 3.8) is 0 Å². The molecule has 1 aromatic heterocycles. The molecule has 8 nitrogen and oxygen atoms in total. The maximum absolute atomic E-state index is 11.3. The second-order valence-electron chi connectivity index (χ2n) is 6.00. The number of aryl methyl sites for hydroxylation is 1. The molecule has 3 rings (SSSR count). The van der Waals surface area contributed by atoms with Crippen LogP contribution in [0.4, 0.5) is 0 Å². The number of carboxylic acid groups (broad SMARTS) is 1. The van der Waals surface area contributed by atoms with Gasteiger partial charge in [0.1, 0.15) is 5.75 Å². The Morgan fingerprint density at radius 3 is 2.63 bits per heavy atom. The summed E-state index contributed by atoms with van der Waals surface area (Å²) in [6.45, 7) is 1.26. The zero-order valence-electron chi connectivity index (χ0n) is 14.5. The number of hydrogen-bond acceptors (Lipinski definition) is 6. The van der Waals surface area contributed by atoms with Crippen LogP contribution < -0.4 is 10.5 Å². The molecule has 0 aliphatic rings. The number of primary amides is 1. The number of nitrogens with zero attached hydrogens (tertiary/aromatic N) is 2. The molecule has 1 amide bonds. The fourth-order valence-corrected chi connectivity index (χ4v) is 2.76. The van der Waals surface area contributed by atoms with Gasteiger partial charge >= 0.3 is 5.97 Å². The summed E-state index contributed by atoms with van der Waals surface area (Å²) in [5.74, 6) is -1.09. The lowest BCUT2D eigenvalue weighted by Gasteiger charge is -2.10. The lowest BCUT2D eigenvalue weighted by molar-refractivity contribution is -0.139. The van der Waals surface area contributed by atoms with Crippen LogP contribution >= 0.6 is 0 Å². The van der Waals surface area contributed by atoms with Crippen LogP contribution in [-0.4, -0.2) is 38.7 Å². The van der Waals surface area contributed by atoms with Gasteiger partial charge in [0, 0.05) is 22.9 Å². The van der Waals surface area contributed by atoms with E-state index in [9.17, 15) is 14.7 Å². The maximum atomic E-state index is 11.3. The van der Waals surface area contributed by atoms with Crippen LogP contribution in [0.2, 0.25) is 0 Å². The van der Waals surface area contributed by atoms with Gasteiger partial charge in [-0.05, 0) is 29.8 Å². The number of rotatable bonds is 6. The second kappa shape index (κ2) is 7.28. The molecule has 0 aliphatic heterocycles. The van der Waals surface area contributed by atoms with Gasteiger partial charge in [-0.2, -0.15) is 4.98 Å². The third kappa shape index (κ3) is 4.12. The van der Waals surface area contributed by atoms with Gasteiger partial charge in [0.05, 0.1) is 6.42 Å². The Hall–Kier alpha value is -3.68. The highest BCUT2D eigenvalue weighted by molar-refractivity contribution is 5.93. The van der Waals surface area contributed by atoms with Crippen molar-refractivity contribution < 1.29 is 24.5 Å². The van der Waals surface area contributed by atoms with Gasteiger partial charge in [-0.3, -0.25) is 4.79 Å².